The molecular weight excluding hydrogens is 198 g/mol. The lowest BCUT2D eigenvalue weighted by atomic mass is 9.89. The van der Waals surface area contributed by atoms with Crippen LogP contribution in [0.4, 0.5) is 0 Å². The molecule has 2 N–H and O–H groups in total. The molecule has 1 saturated heterocycles. The molecule has 0 bridgehead atoms. The highest BCUT2D eigenvalue weighted by molar-refractivity contribution is 6.31. The molecule has 0 radical (unpaired) electrons. The van der Waals surface area contributed by atoms with Crippen LogP contribution in [0.5, 0.6) is 0 Å². The third-order valence-corrected chi connectivity index (χ3v) is 3.06. The van der Waals surface area contributed by atoms with Gasteiger partial charge in [0.05, 0.1) is 6.61 Å². The summed E-state index contributed by atoms with van der Waals surface area (Å²) in [4.78, 5) is 0. The Morgan fingerprint density at radius 3 is 2.86 bits per heavy atom. The van der Waals surface area contributed by atoms with Gasteiger partial charge in [-0.25, -0.2) is 0 Å². The molecular formula is C11H14ClNO. The van der Waals surface area contributed by atoms with Crippen molar-refractivity contribution in [2.75, 3.05) is 13.2 Å². The Hall–Kier alpha value is -0.570. The summed E-state index contributed by atoms with van der Waals surface area (Å²) < 4.78 is 5.42. The van der Waals surface area contributed by atoms with Crippen molar-refractivity contribution in [3.8, 4) is 0 Å². The van der Waals surface area contributed by atoms with E-state index >= 15 is 0 Å². The smallest absolute Gasteiger partial charge is 0.0550 e. The largest absolute Gasteiger partial charge is 0.381 e. The van der Waals surface area contributed by atoms with Crippen LogP contribution >= 0.6 is 11.6 Å². The number of halogens is 1. The standard InChI is InChI=1S/C11H14ClNO/c12-10-4-2-1-3-8(10)9-7-14-6-5-11(9)13/h1-4,9,11H,5-7,13H2. The number of rotatable bonds is 1. The van der Waals surface area contributed by atoms with E-state index in [1.165, 1.54) is 0 Å². The highest BCUT2D eigenvalue weighted by Crippen LogP contribution is 2.29. The van der Waals surface area contributed by atoms with Crippen LogP contribution in [-0.4, -0.2) is 19.3 Å². The van der Waals surface area contributed by atoms with Crippen molar-refractivity contribution in [2.24, 2.45) is 5.73 Å². The average Bonchev–Trinajstić information content (AvgIpc) is 2.20. The van der Waals surface area contributed by atoms with Gasteiger partial charge in [-0.2, -0.15) is 0 Å². The minimum atomic E-state index is 0.170. The van der Waals surface area contributed by atoms with Crippen molar-refractivity contribution >= 4 is 11.6 Å². The molecule has 2 unspecified atom stereocenters. The molecule has 0 saturated carbocycles. The Balaban J connectivity index is 2.25. The fourth-order valence-corrected chi connectivity index (χ4v) is 2.13. The molecule has 2 nitrogen and oxygen atoms in total. The maximum absolute atomic E-state index is 6.11. The Morgan fingerprint density at radius 1 is 1.36 bits per heavy atom. The normalized spacial score (nSPS) is 27.6. The third-order valence-electron chi connectivity index (χ3n) is 2.71. The Labute approximate surface area is 89.0 Å². The first-order chi connectivity index (χ1) is 6.79. The zero-order chi connectivity index (χ0) is 9.97. The van der Waals surface area contributed by atoms with Crippen molar-refractivity contribution in [3.05, 3.63) is 34.9 Å². The molecule has 1 aliphatic heterocycles. The van der Waals surface area contributed by atoms with Crippen molar-refractivity contribution in [1.82, 2.24) is 0 Å². The van der Waals surface area contributed by atoms with Gasteiger partial charge >= 0.3 is 0 Å². The molecule has 76 valence electrons. The first kappa shape index (κ1) is 9.97. The summed E-state index contributed by atoms with van der Waals surface area (Å²) >= 11 is 6.11. The maximum atomic E-state index is 6.11. The molecule has 0 spiro atoms. The zero-order valence-corrected chi connectivity index (χ0v) is 8.70. The second kappa shape index (κ2) is 4.30. The molecule has 0 aromatic heterocycles. The van der Waals surface area contributed by atoms with E-state index in [4.69, 9.17) is 22.1 Å². The van der Waals surface area contributed by atoms with Gasteiger partial charge in [-0.1, -0.05) is 29.8 Å². The minimum absolute atomic E-state index is 0.170. The van der Waals surface area contributed by atoms with Crippen molar-refractivity contribution in [3.63, 3.8) is 0 Å². The van der Waals surface area contributed by atoms with Gasteiger partial charge in [0, 0.05) is 23.6 Å². The van der Waals surface area contributed by atoms with Crippen LogP contribution in [0.1, 0.15) is 17.9 Å². The van der Waals surface area contributed by atoms with E-state index in [0.717, 1.165) is 23.6 Å². The van der Waals surface area contributed by atoms with Crippen molar-refractivity contribution in [1.29, 1.82) is 0 Å². The van der Waals surface area contributed by atoms with Crippen LogP contribution in [0, 0.1) is 0 Å². The van der Waals surface area contributed by atoms with Crippen LogP contribution in [0.3, 0.4) is 0 Å². The lowest BCUT2D eigenvalue weighted by molar-refractivity contribution is 0.0692. The molecule has 2 rings (SSSR count). The molecule has 0 aliphatic carbocycles. The summed E-state index contributed by atoms with van der Waals surface area (Å²) in [6.45, 7) is 1.45. The van der Waals surface area contributed by atoms with E-state index in [9.17, 15) is 0 Å². The molecule has 1 fully saturated rings. The van der Waals surface area contributed by atoms with Gasteiger partial charge in [0.25, 0.3) is 0 Å². The number of hydrogen-bond acceptors (Lipinski definition) is 2. The lowest BCUT2D eigenvalue weighted by Crippen LogP contribution is -2.36. The molecule has 1 heterocycles. The van der Waals surface area contributed by atoms with Crippen LogP contribution in [0.25, 0.3) is 0 Å². The predicted octanol–water partition coefficient (Wildman–Crippen LogP) is 2.17. The quantitative estimate of drug-likeness (QED) is 0.773. The molecule has 3 heteroatoms. The fraction of sp³-hybridized carbons (Fsp3) is 0.455. The first-order valence-electron chi connectivity index (χ1n) is 4.87. The molecule has 0 amide bonds. The topological polar surface area (TPSA) is 35.2 Å². The second-order valence-electron chi connectivity index (χ2n) is 3.66. The monoisotopic (exact) mass is 211 g/mol. The van der Waals surface area contributed by atoms with Gasteiger partial charge in [0.15, 0.2) is 0 Å². The molecule has 1 aromatic carbocycles. The summed E-state index contributed by atoms with van der Waals surface area (Å²) in [5.41, 5.74) is 7.15. The third kappa shape index (κ3) is 1.92. The Bertz CT molecular complexity index is 316. The van der Waals surface area contributed by atoms with Gasteiger partial charge < -0.3 is 10.5 Å². The van der Waals surface area contributed by atoms with E-state index in [-0.39, 0.29) is 12.0 Å². The van der Waals surface area contributed by atoms with E-state index in [0.29, 0.717) is 6.61 Å². The predicted molar refractivity (Wildman–Crippen MR) is 57.6 cm³/mol. The van der Waals surface area contributed by atoms with Crippen LogP contribution in [-0.2, 0) is 4.74 Å². The van der Waals surface area contributed by atoms with Crippen molar-refractivity contribution < 1.29 is 4.74 Å². The second-order valence-corrected chi connectivity index (χ2v) is 4.06. The summed E-state index contributed by atoms with van der Waals surface area (Å²) in [5, 5.41) is 0.790. The lowest BCUT2D eigenvalue weighted by Gasteiger charge is -2.29. The van der Waals surface area contributed by atoms with Crippen LogP contribution in [0.15, 0.2) is 24.3 Å². The SMILES string of the molecule is NC1CCOCC1c1ccccc1Cl. The zero-order valence-electron chi connectivity index (χ0n) is 7.95. The van der Waals surface area contributed by atoms with E-state index in [1.807, 2.05) is 24.3 Å². The molecule has 2 atom stereocenters. The average molecular weight is 212 g/mol. The summed E-state index contributed by atoms with van der Waals surface area (Å²) in [6, 6.07) is 8.02. The van der Waals surface area contributed by atoms with E-state index < -0.39 is 0 Å². The Kier molecular flexibility index (Phi) is 3.06. The summed E-state index contributed by atoms with van der Waals surface area (Å²) in [6.07, 6.45) is 0.913. The van der Waals surface area contributed by atoms with Gasteiger partial charge in [0.1, 0.15) is 0 Å². The fourth-order valence-electron chi connectivity index (χ4n) is 1.85. The van der Waals surface area contributed by atoms with Gasteiger partial charge in [-0.15, -0.1) is 0 Å². The summed E-state index contributed by atoms with van der Waals surface area (Å²) in [7, 11) is 0. The number of hydrogen-bond donors (Lipinski definition) is 1. The minimum Gasteiger partial charge on any atom is -0.381 e. The highest BCUT2D eigenvalue weighted by Gasteiger charge is 2.25. The van der Waals surface area contributed by atoms with Gasteiger partial charge in [-0.3, -0.25) is 0 Å². The van der Waals surface area contributed by atoms with Crippen LogP contribution in [0.2, 0.25) is 5.02 Å². The van der Waals surface area contributed by atoms with E-state index in [2.05, 4.69) is 0 Å². The summed E-state index contributed by atoms with van der Waals surface area (Å²) in [5.74, 6) is 0.248. The highest BCUT2D eigenvalue weighted by atomic mass is 35.5. The number of nitrogens with two attached hydrogens (primary N) is 1. The first-order valence-corrected chi connectivity index (χ1v) is 5.24. The molecule has 1 aliphatic rings. The number of ether oxygens (including phenoxy) is 1. The van der Waals surface area contributed by atoms with Crippen molar-refractivity contribution in [2.45, 2.75) is 18.4 Å². The van der Waals surface area contributed by atoms with Gasteiger partial charge in [0.2, 0.25) is 0 Å². The van der Waals surface area contributed by atoms with Gasteiger partial charge in [-0.05, 0) is 18.1 Å². The molecule has 14 heavy (non-hydrogen) atoms. The Morgan fingerprint density at radius 2 is 2.14 bits per heavy atom. The van der Waals surface area contributed by atoms with Crippen LogP contribution < -0.4 is 5.73 Å². The van der Waals surface area contributed by atoms with E-state index in [1.54, 1.807) is 0 Å². The number of benzene rings is 1. The molecule has 1 aromatic rings. The maximum Gasteiger partial charge on any atom is 0.0550 e.